The summed E-state index contributed by atoms with van der Waals surface area (Å²) in [5.41, 5.74) is 0.681. The van der Waals surface area contributed by atoms with Crippen molar-refractivity contribution in [1.29, 1.82) is 0 Å². The van der Waals surface area contributed by atoms with Crippen LogP contribution in [0.3, 0.4) is 0 Å². The molecule has 0 bridgehead atoms. The maximum absolute atomic E-state index is 13.0. The molecule has 0 unspecified atom stereocenters. The minimum Gasteiger partial charge on any atom is -0.451 e. The first-order valence-corrected chi connectivity index (χ1v) is 10.4. The van der Waals surface area contributed by atoms with Gasteiger partial charge in [-0.3, -0.25) is 9.36 Å². The molecule has 1 fully saturated rings. The van der Waals surface area contributed by atoms with Crippen LogP contribution in [0.15, 0.2) is 45.2 Å². The van der Waals surface area contributed by atoms with Crippen molar-refractivity contribution in [3.05, 3.63) is 52.4 Å². The lowest BCUT2D eigenvalue weighted by molar-refractivity contribution is 0.0723. The van der Waals surface area contributed by atoms with E-state index in [1.54, 1.807) is 25.3 Å². The van der Waals surface area contributed by atoms with Gasteiger partial charge in [0.2, 0.25) is 5.09 Å². The first-order valence-electron chi connectivity index (χ1n) is 8.93. The minimum absolute atomic E-state index is 0.0268. The molecule has 0 aliphatic carbocycles. The molecule has 1 aliphatic rings. The Balaban J connectivity index is 1.81. The van der Waals surface area contributed by atoms with Gasteiger partial charge in [0.15, 0.2) is 0 Å². The molecule has 1 aliphatic heterocycles. The average molecular weight is 414 g/mol. The number of fused-ring (bicyclic) bond motifs is 1. The van der Waals surface area contributed by atoms with Gasteiger partial charge < -0.3 is 9.15 Å². The fourth-order valence-electron chi connectivity index (χ4n) is 3.23. The number of hydrogen-bond acceptors (Lipinski definition) is 7. The molecule has 4 heterocycles. The van der Waals surface area contributed by atoms with Crippen LogP contribution < -0.4 is 5.56 Å². The summed E-state index contributed by atoms with van der Waals surface area (Å²) < 4.78 is 39.3. The first kappa shape index (κ1) is 19.3. The SMILES string of the molecule is CC#Cc1cc2cncnc2n(Cc2ccoc2S(=O)(=O)N2CCOCC2)c1=O. The third kappa shape index (κ3) is 3.55. The van der Waals surface area contributed by atoms with Crippen molar-refractivity contribution in [2.75, 3.05) is 26.3 Å². The number of nitrogens with zero attached hydrogens (tertiary/aromatic N) is 4. The Kier molecular flexibility index (Phi) is 5.19. The zero-order valence-corrected chi connectivity index (χ0v) is 16.5. The van der Waals surface area contributed by atoms with Crippen LogP contribution in [0, 0.1) is 11.8 Å². The van der Waals surface area contributed by atoms with Crippen LogP contribution in [0.2, 0.25) is 0 Å². The fourth-order valence-corrected chi connectivity index (χ4v) is 4.74. The van der Waals surface area contributed by atoms with E-state index in [1.165, 1.54) is 21.5 Å². The van der Waals surface area contributed by atoms with Gasteiger partial charge in [-0.05, 0) is 19.1 Å². The lowest BCUT2D eigenvalue weighted by Crippen LogP contribution is -2.40. The molecule has 0 radical (unpaired) electrons. The second-order valence-electron chi connectivity index (χ2n) is 6.38. The summed E-state index contributed by atoms with van der Waals surface area (Å²) in [6.07, 6.45) is 4.23. The molecule has 0 amide bonds. The smallest absolute Gasteiger partial charge is 0.276 e. The summed E-state index contributed by atoms with van der Waals surface area (Å²) >= 11 is 0. The predicted octanol–water partition coefficient (Wildman–Crippen LogP) is 0.825. The molecular weight excluding hydrogens is 396 g/mol. The average Bonchev–Trinajstić information content (AvgIpc) is 3.21. The standard InChI is InChI=1S/C19H18N4O5S/c1-2-3-14-10-16-11-20-13-21-17(16)23(18(14)24)12-15-4-7-28-19(15)29(25,26)22-5-8-27-9-6-22/h4,7,10-11,13H,5-6,8-9,12H2,1H3. The van der Waals surface area contributed by atoms with E-state index in [1.807, 2.05) is 0 Å². The van der Waals surface area contributed by atoms with Gasteiger partial charge in [0.1, 0.15) is 12.0 Å². The summed E-state index contributed by atoms with van der Waals surface area (Å²) in [5.74, 6) is 5.50. The largest absolute Gasteiger partial charge is 0.451 e. The first-order chi connectivity index (χ1) is 14.0. The molecule has 3 aromatic rings. The normalized spacial score (nSPS) is 15.2. The number of aromatic nitrogens is 3. The van der Waals surface area contributed by atoms with E-state index in [0.29, 0.717) is 29.8 Å². The summed E-state index contributed by atoms with van der Waals surface area (Å²) in [7, 11) is -3.85. The molecular formula is C19H18N4O5S. The van der Waals surface area contributed by atoms with E-state index in [9.17, 15) is 13.2 Å². The Morgan fingerprint density at radius 2 is 2.07 bits per heavy atom. The van der Waals surface area contributed by atoms with Gasteiger partial charge in [0.25, 0.3) is 15.6 Å². The molecule has 150 valence electrons. The van der Waals surface area contributed by atoms with Crippen molar-refractivity contribution < 1.29 is 17.6 Å². The minimum atomic E-state index is -3.85. The van der Waals surface area contributed by atoms with E-state index in [2.05, 4.69) is 21.8 Å². The van der Waals surface area contributed by atoms with Gasteiger partial charge in [0, 0.05) is 30.2 Å². The van der Waals surface area contributed by atoms with Gasteiger partial charge in [0.05, 0.1) is 31.6 Å². The van der Waals surface area contributed by atoms with E-state index >= 15 is 0 Å². The van der Waals surface area contributed by atoms with Gasteiger partial charge in [-0.25, -0.2) is 18.4 Å². The van der Waals surface area contributed by atoms with Gasteiger partial charge >= 0.3 is 0 Å². The van der Waals surface area contributed by atoms with E-state index < -0.39 is 10.0 Å². The highest BCUT2D eigenvalue weighted by molar-refractivity contribution is 7.89. The van der Waals surface area contributed by atoms with E-state index in [4.69, 9.17) is 9.15 Å². The molecule has 4 rings (SSSR count). The third-order valence-corrected chi connectivity index (χ3v) is 6.46. The molecule has 0 N–H and O–H groups in total. The number of hydrogen-bond donors (Lipinski definition) is 0. The third-order valence-electron chi connectivity index (χ3n) is 4.59. The highest BCUT2D eigenvalue weighted by Gasteiger charge is 2.31. The molecule has 3 aromatic heterocycles. The molecule has 1 saturated heterocycles. The zero-order valence-electron chi connectivity index (χ0n) is 15.7. The van der Waals surface area contributed by atoms with Gasteiger partial charge in [-0.1, -0.05) is 5.92 Å². The van der Waals surface area contributed by atoms with Crippen molar-refractivity contribution in [3.8, 4) is 11.8 Å². The fraction of sp³-hybridized carbons (Fsp3) is 0.316. The molecule has 9 nitrogen and oxygen atoms in total. The Bertz CT molecular complexity index is 1280. The van der Waals surface area contributed by atoms with Crippen LogP contribution in [0.1, 0.15) is 18.1 Å². The summed E-state index contributed by atoms with van der Waals surface area (Å²) in [4.78, 5) is 21.1. The highest BCUT2D eigenvalue weighted by Crippen LogP contribution is 2.24. The lowest BCUT2D eigenvalue weighted by Gasteiger charge is -2.25. The van der Waals surface area contributed by atoms with Crippen LogP contribution >= 0.6 is 0 Å². The van der Waals surface area contributed by atoms with Crippen LogP contribution in [-0.4, -0.2) is 53.6 Å². The molecule has 0 atom stereocenters. The van der Waals surface area contributed by atoms with Crippen LogP contribution in [0.25, 0.3) is 11.0 Å². The Morgan fingerprint density at radius 3 is 2.83 bits per heavy atom. The monoisotopic (exact) mass is 414 g/mol. The lowest BCUT2D eigenvalue weighted by atomic mass is 10.2. The number of furan rings is 1. The van der Waals surface area contributed by atoms with Crippen LogP contribution in [0.4, 0.5) is 0 Å². The molecule has 0 spiro atoms. The maximum atomic E-state index is 13.0. The number of pyridine rings is 1. The van der Waals surface area contributed by atoms with Gasteiger partial charge in [-0.2, -0.15) is 4.31 Å². The van der Waals surface area contributed by atoms with E-state index in [0.717, 1.165) is 0 Å². The highest BCUT2D eigenvalue weighted by atomic mass is 32.2. The molecule has 0 aromatic carbocycles. The predicted molar refractivity (Wildman–Crippen MR) is 104 cm³/mol. The number of morpholine rings is 1. The van der Waals surface area contributed by atoms with Crippen molar-refractivity contribution in [2.24, 2.45) is 0 Å². The Hall–Kier alpha value is -3.00. The van der Waals surface area contributed by atoms with Gasteiger partial charge in [-0.15, -0.1) is 5.92 Å². The quantitative estimate of drug-likeness (QED) is 0.582. The summed E-state index contributed by atoms with van der Waals surface area (Å²) in [6, 6.07) is 3.18. The van der Waals surface area contributed by atoms with Crippen LogP contribution in [0.5, 0.6) is 0 Å². The molecule has 10 heteroatoms. The zero-order chi connectivity index (χ0) is 20.4. The van der Waals surface area contributed by atoms with Crippen molar-refractivity contribution >= 4 is 21.1 Å². The second-order valence-corrected chi connectivity index (χ2v) is 8.21. The summed E-state index contributed by atoms with van der Waals surface area (Å²) in [5, 5.41) is 0.450. The van der Waals surface area contributed by atoms with E-state index in [-0.39, 0.29) is 35.8 Å². The molecule has 0 saturated carbocycles. The summed E-state index contributed by atoms with van der Waals surface area (Å²) in [6.45, 7) is 2.77. The van der Waals surface area contributed by atoms with Crippen molar-refractivity contribution in [1.82, 2.24) is 18.8 Å². The maximum Gasteiger partial charge on any atom is 0.276 e. The van der Waals surface area contributed by atoms with Crippen molar-refractivity contribution in [3.63, 3.8) is 0 Å². The second kappa shape index (κ2) is 7.79. The molecule has 29 heavy (non-hydrogen) atoms. The Labute approximate surface area is 167 Å². The Morgan fingerprint density at radius 1 is 1.28 bits per heavy atom. The van der Waals surface area contributed by atoms with Crippen molar-refractivity contribution in [2.45, 2.75) is 18.6 Å². The van der Waals surface area contributed by atoms with Crippen LogP contribution in [-0.2, 0) is 21.3 Å². The number of sulfonamides is 1. The topological polar surface area (TPSA) is 108 Å². The number of rotatable bonds is 4. The number of ether oxygens (including phenoxy) is 1.